The van der Waals surface area contributed by atoms with E-state index < -0.39 is 0 Å². The molecular formula is C17H19ClN2O3S2. The van der Waals surface area contributed by atoms with Crippen LogP contribution in [0.4, 0.5) is 5.69 Å². The van der Waals surface area contributed by atoms with Gasteiger partial charge in [0.05, 0.1) is 18.9 Å². The van der Waals surface area contributed by atoms with Crippen molar-refractivity contribution >= 4 is 51.9 Å². The van der Waals surface area contributed by atoms with E-state index in [-0.39, 0.29) is 5.97 Å². The van der Waals surface area contributed by atoms with Crippen molar-refractivity contribution in [1.82, 2.24) is 5.32 Å². The van der Waals surface area contributed by atoms with Crippen LogP contribution in [0.15, 0.2) is 30.3 Å². The molecule has 0 aliphatic heterocycles. The zero-order valence-corrected chi connectivity index (χ0v) is 16.3. The topological polar surface area (TPSA) is 59.6 Å². The molecule has 0 atom stereocenters. The van der Waals surface area contributed by atoms with Gasteiger partial charge in [-0.3, -0.25) is 0 Å². The number of thiocarbonyl (C=S) groups is 1. The number of methoxy groups -OCH3 is 1. The van der Waals surface area contributed by atoms with Gasteiger partial charge in [0, 0.05) is 23.6 Å². The first kappa shape index (κ1) is 19.7. The summed E-state index contributed by atoms with van der Waals surface area (Å²) in [4.78, 5) is 13.6. The minimum absolute atomic E-state index is 0.309. The highest BCUT2D eigenvalue weighted by molar-refractivity contribution is 7.80. The summed E-state index contributed by atoms with van der Waals surface area (Å²) in [5.74, 6) is -0.380. The molecule has 25 heavy (non-hydrogen) atoms. The zero-order chi connectivity index (χ0) is 18.2. The molecule has 0 amide bonds. The van der Waals surface area contributed by atoms with Crippen LogP contribution in [0.1, 0.15) is 16.6 Å². The Kier molecular flexibility index (Phi) is 7.64. The molecule has 0 unspecified atom stereocenters. The van der Waals surface area contributed by atoms with Crippen LogP contribution in [0.3, 0.4) is 0 Å². The van der Waals surface area contributed by atoms with Crippen LogP contribution in [0.25, 0.3) is 10.4 Å². The fraction of sp³-hybridized carbons (Fsp3) is 0.294. The second kappa shape index (κ2) is 9.72. The molecule has 1 heterocycles. The van der Waals surface area contributed by atoms with E-state index in [4.69, 9.17) is 33.3 Å². The van der Waals surface area contributed by atoms with Crippen LogP contribution in [-0.2, 0) is 9.47 Å². The fourth-order valence-corrected chi connectivity index (χ4v) is 3.37. The van der Waals surface area contributed by atoms with E-state index in [1.165, 1.54) is 11.3 Å². The summed E-state index contributed by atoms with van der Waals surface area (Å²) in [7, 11) is 1.62. The molecule has 0 radical (unpaired) electrons. The number of benzene rings is 1. The monoisotopic (exact) mass is 398 g/mol. The van der Waals surface area contributed by atoms with E-state index in [1.54, 1.807) is 14.0 Å². The second-order valence-electron chi connectivity index (χ2n) is 4.95. The number of halogens is 1. The Morgan fingerprint density at radius 3 is 2.68 bits per heavy atom. The summed E-state index contributed by atoms with van der Waals surface area (Å²) in [6.07, 6.45) is 0. The third kappa shape index (κ3) is 5.67. The number of nitrogens with one attached hydrogen (secondary N) is 2. The molecule has 8 heteroatoms. The SMILES string of the molecule is CCOC(=O)c1sc(-c2ccc(Cl)cc2)cc1NC(=S)NCCOC. The molecule has 5 nitrogen and oxygen atoms in total. The molecule has 1 aromatic heterocycles. The van der Waals surface area contributed by atoms with E-state index in [0.29, 0.717) is 40.5 Å². The summed E-state index contributed by atoms with van der Waals surface area (Å²) < 4.78 is 10.1. The number of esters is 1. The highest BCUT2D eigenvalue weighted by atomic mass is 35.5. The summed E-state index contributed by atoms with van der Waals surface area (Å²) in [6, 6.07) is 9.31. The average molecular weight is 399 g/mol. The predicted molar refractivity (Wildman–Crippen MR) is 107 cm³/mol. The van der Waals surface area contributed by atoms with Gasteiger partial charge < -0.3 is 20.1 Å². The van der Waals surface area contributed by atoms with Crippen LogP contribution < -0.4 is 10.6 Å². The minimum atomic E-state index is -0.380. The summed E-state index contributed by atoms with van der Waals surface area (Å²) in [5, 5.41) is 7.16. The average Bonchev–Trinajstić information content (AvgIpc) is 3.00. The lowest BCUT2D eigenvalue weighted by Gasteiger charge is -2.10. The number of carbonyl (C=O) groups is 1. The standard InChI is InChI=1S/C17H19ClN2O3S2/c1-3-23-16(21)15-13(20-17(24)19-8-9-22-2)10-14(25-15)11-4-6-12(18)7-5-11/h4-7,10H,3,8-9H2,1-2H3,(H2,19,20,24). The van der Waals surface area contributed by atoms with Gasteiger partial charge in [-0.25, -0.2) is 4.79 Å². The van der Waals surface area contributed by atoms with Crippen molar-refractivity contribution in [2.75, 3.05) is 32.2 Å². The third-order valence-corrected chi connectivity index (χ3v) is 4.82. The van der Waals surface area contributed by atoms with Crippen LogP contribution in [0.5, 0.6) is 0 Å². The van der Waals surface area contributed by atoms with Gasteiger partial charge in [-0.1, -0.05) is 23.7 Å². The Hall–Kier alpha value is -1.67. The molecule has 0 bridgehead atoms. The van der Waals surface area contributed by atoms with Crippen molar-refractivity contribution in [3.8, 4) is 10.4 Å². The normalized spacial score (nSPS) is 10.4. The molecule has 0 fully saturated rings. The van der Waals surface area contributed by atoms with Crippen molar-refractivity contribution in [2.24, 2.45) is 0 Å². The Balaban J connectivity index is 2.24. The number of carbonyl (C=O) groups excluding carboxylic acids is 1. The zero-order valence-electron chi connectivity index (χ0n) is 13.9. The lowest BCUT2D eigenvalue weighted by Crippen LogP contribution is -2.31. The van der Waals surface area contributed by atoms with Gasteiger partial charge in [0.2, 0.25) is 0 Å². The smallest absolute Gasteiger partial charge is 0.350 e. The molecule has 0 saturated heterocycles. The highest BCUT2D eigenvalue weighted by Gasteiger charge is 2.19. The maximum Gasteiger partial charge on any atom is 0.350 e. The van der Waals surface area contributed by atoms with Crippen molar-refractivity contribution in [3.63, 3.8) is 0 Å². The lowest BCUT2D eigenvalue weighted by atomic mass is 10.2. The molecule has 1 aromatic carbocycles. The van der Waals surface area contributed by atoms with Gasteiger partial charge in [-0.05, 0) is 42.9 Å². The first-order chi connectivity index (χ1) is 12.0. The third-order valence-electron chi connectivity index (χ3n) is 3.16. The molecule has 0 spiro atoms. The Bertz CT molecular complexity index is 732. The highest BCUT2D eigenvalue weighted by Crippen LogP contribution is 2.35. The molecule has 0 saturated carbocycles. The molecule has 134 valence electrons. The molecular weight excluding hydrogens is 380 g/mol. The molecule has 2 rings (SSSR count). The fourth-order valence-electron chi connectivity index (χ4n) is 2.02. The Morgan fingerprint density at radius 2 is 2.04 bits per heavy atom. The maximum atomic E-state index is 12.2. The van der Waals surface area contributed by atoms with Crippen molar-refractivity contribution in [1.29, 1.82) is 0 Å². The van der Waals surface area contributed by atoms with Crippen LogP contribution in [0, 0.1) is 0 Å². The number of rotatable bonds is 7. The number of hydrogen-bond acceptors (Lipinski definition) is 5. The molecule has 0 aliphatic rings. The van der Waals surface area contributed by atoms with E-state index >= 15 is 0 Å². The van der Waals surface area contributed by atoms with E-state index in [2.05, 4.69) is 10.6 Å². The van der Waals surface area contributed by atoms with Crippen molar-refractivity contribution in [3.05, 3.63) is 40.2 Å². The second-order valence-corrected chi connectivity index (χ2v) is 6.85. The molecule has 0 aliphatic carbocycles. The first-order valence-electron chi connectivity index (χ1n) is 7.65. The number of anilines is 1. The summed E-state index contributed by atoms with van der Waals surface area (Å²) in [6.45, 7) is 3.19. The number of ether oxygens (including phenoxy) is 2. The van der Waals surface area contributed by atoms with Gasteiger partial charge in [0.25, 0.3) is 0 Å². The van der Waals surface area contributed by atoms with Crippen molar-refractivity contribution in [2.45, 2.75) is 6.92 Å². The Morgan fingerprint density at radius 1 is 1.32 bits per heavy atom. The largest absolute Gasteiger partial charge is 0.462 e. The predicted octanol–water partition coefficient (Wildman–Crippen LogP) is 4.18. The quantitative estimate of drug-likeness (QED) is 0.414. The summed E-state index contributed by atoms with van der Waals surface area (Å²) in [5.41, 5.74) is 1.58. The minimum Gasteiger partial charge on any atom is -0.462 e. The number of thiophene rings is 1. The lowest BCUT2D eigenvalue weighted by molar-refractivity contribution is 0.0533. The molecule has 2 aromatic rings. The van der Waals surface area contributed by atoms with Gasteiger partial charge >= 0.3 is 5.97 Å². The van der Waals surface area contributed by atoms with Crippen LogP contribution >= 0.6 is 35.2 Å². The van der Waals surface area contributed by atoms with Crippen molar-refractivity contribution < 1.29 is 14.3 Å². The van der Waals surface area contributed by atoms with Crippen LogP contribution in [-0.4, -0.2) is 38.0 Å². The van der Waals surface area contributed by atoms with Gasteiger partial charge in [-0.2, -0.15) is 0 Å². The van der Waals surface area contributed by atoms with E-state index in [0.717, 1.165) is 10.4 Å². The number of hydrogen-bond donors (Lipinski definition) is 2. The van der Waals surface area contributed by atoms with Gasteiger partial charge in [0.1, 0.15) is 4.88 Å². The Labute approximate surface area is 161 Å². The summed E-state index contributed by atoms with van der Waals surface area (Å²) >= 11 is 12.5. The van der Waals surface area contributed by atoms with E-state index in [1.807, 2.05) is 30.3 Å². The molecule has 2 N–H and O–H groups in total. The van der Waals surface area contributed by atoms with E-state index in [9.17, 15) is 4.79 Å². The van der Waals surface area contributed by atoms with Gasteiger partial charge in [-0.15, -0.1) is 11.3 Å². The maximum absolute atomic E-state index is 12.2. The van der Waals surface area contributed by atoms with Crippen LogP contribution in [0.2, 0.25) is 5.02 Å². The first-order valence-corrected chi connectivity index (χ1v) is 9.26. The van der Waals surface area contributed by atoms with Gasteiger partial charge in [0.15, 0.2) is 5.11 Å².